The lowest BCUT2D eigenvalue weighted by molar-refractivity contribution is 0.0342. The lowest BCUT2D eigenvalue weighted by Crippen LogP contribution is -2.19. The third-order valence-electron chi connectivity index (χ3n) is 2.33. The van der Waals surface area contributed by atoms with Gasteiger partial charge in [-0.3, -0.25) is 0 Å². The minimum absolute atomic E-state index is 0.145. The van der Waals surface area contributed by atoms with Crippen LogP contribution >= 0.6 is 27.5 Å². The Morgan fingerprint density at radius 3 is 2.56 bits per heavy atom. The van der Waals surface area contributed by atoms with E-state index in [4.69, 9.17) is 21.1 Å². The van der Waals surface area contributed by atoms with E-state index in [-0.39, 0.29) is 12.1 Å². The van der Waals surface area contributed by atoms with Crippen LogP contribution in [0.1, 0.15) is 11.7 Å². The van der Waals surface area contributed by atoms with Crippen molar-refractivity contribution in [2.24, 2.45) is 0 Å². The monoisotopic (exact) mass is 308 g/mol. The average molecular weight is 310 g/mol. The second-order valence-electron chi connectivity index (χ2n) is 3.39. The largest absolute Gasteiger partial charge is 0.454 e. The molecular formula is C10H10BrClO4. The zero-order valence-electron chi connectivity index (χ0n) is 8.19. The van der Waals surface area contributed by atoms with Crippen LogP contribution in [0.5, 0.6) is 11.5 Å². The summed E-state index contributed by atoms with van der Waals surface area (Å²) in [5.41, 5.74) is 0.429. The Balaban J connectivity index is 2.34. The smallest absolute Gasteiger partial charge is 0.231 e. The summed E-state index contributed by atoms with van der Waals surface area (Å²) < 4.78 is 10.3. The number of halogens is 2. The minimum Gasteiger partial charge on any atom is -0.454 e. The third kappa shape index (κ3) is 2.13. The standard InChI is InChI=1S/C10H10BrClO4/c11-3-7(13)10(14)5-1-8-9(2-6(5)12)16-4-15-8/h1-2,7,10,13-14H,3-4H2. The van der Waals surface area contributed by atoms with E-state index in [1.165, 1.54) is 0 Å². The number of alkyl halides is 1. The molecule has 0 saturated carbocycles. The third-order valence-corrected chi connectivity index (χ3v) is 3.32. The molecule has 2 atom stereocenters. The van der Waals surface area contributed by atoms with E-state index in [1.54, 1.807) is 12.1 Å². The van der Waals surface area contributed by atoms with E-state index >= 15 is 0 Å². The number of fused-ring (bicyclic) bond motifs is 1. The summed E-state index contributed by atoms with van der Waals surface area (Å²) in [7, 11) is 0. The first kappa shape index (κ1) is 12.0. The SMILES string of the molecule is OC(CBr)C(O)c1cc2c(cc1Cl)OCO2. The van der Waals surface area contributed by atoms with Crippen LogP contribution in [0.15, 0.2) is 12.1 Å². The van der Waals surface area contributed by atoms with Gasteiger partial charge in [0.15, 0.2) is 11.5 Å². The normalized spacial score (nSPS) is 17.2. The lowest BCUT2D eigenvalue weighted by atomic mass is 10.0. The molecule has 1 heterocycles. The van der Waals surface area contributed by atoms with Crippen LogP contribution in [0.4, 0.5) is 0 Å². The Bertz CT molecular complexity index is 399. The van der Waals surface area contributed by atoms with Gasteiger partial charge in [-0.05, 0) is 6.07 Å². The van der Waals surface area contributed by atoms with Crippen LogP contribution in [0.3, 0.4) is 0 Å². The summed E-state index contributed by atoms with van der Waals surface area (Å²) >= 11 is 9.07. The molecule has 0 aromatic heterocycles. The molecule has 0 radical (unpaired) electrons. The van der Waals surface area contributed by atoms with Gasteiger partial charge in [-0.15, -0.1) is 0 Å². The maximum absolute atomic E-state index is 9.84. The first-order valence-electron chi connectivity index (χ1n) is 4.64. The number of aliphatic hydroxyl groups is 2. The Hall–Kier alpha value is -0.490. The zero-order chi connectivity index (χ0) is 11.7. The Morgan fingerprint density at radius 2 is 1.94 bits per heavy atom. The molecular weight excluding hydrogens is 299 g/mol. The summed E-state index contributed by atoms with van der Waals surface area (Å²) in [6.45, 7) is 0.145. The van der Waals surface area contributed by atoms with Gasteiger partial charge in [-0.25, -0.2) is 0 Å². The molecule has 1 aromatic carbocycles. The van der Waals surface area contributed by atoms with Crippen molar-refractivity contribution in [3.63, 3.8) is 0 Å². The fraction of sp³-hybridized carbons (Fsp3) is 0.400. The number of aliphatic hydroxyl groups excluding tert-OH is 2. The van der Waals surface area contributed by atoms with E-state index in [0.29, 0.717) is 22.1 Å². The van der Waals surface area contributed by atoms with Gasteiger partial charge in [0.25, 0.3) is 0 Å². The zero-order valence-corrected chi connectivity index (χ0v) is 10.5. The summed E-state index contributed by atoms with van der Waals surface area (Å²) in [6, 6.07) is 3.16. The topological polar surface area (TPSA) is 58.9 Å². The highest BCUT2D eigenvalue weighted by Crippen LogP contribution is 2.39. The number of benzene rings is 1. The van der Waals surface area contributed by atoms with Crippen molar-refractivity contribution >= 4 is 27.5 Å². The molecule has 2 rings (SSSR count). The first-order valence-corrected chi connectivity index (χ1v) is 6.14. The molecule has 1 aliphatic heterocycles. The second-order valence-corrected chi connectivity index (χ2v) is 4.45. The minimum atomic E-state index is -1.05. The molecule has 0 saturated heterocycles. The highest BCUT2D eigenvalue weighted by atomic mass is 79.9. The van der Waals surface area contributed by atoms with Crippen molar-refractivity contribution < 1.29 is 19.7 Å². The molecule has 4 nitrogen and oxygen atoms in total. The van der Waals surface area contributed by atoms with E-state index < -0.39 is 12.2 Å². The molecule has 0 spiro atoms. The maximum atomic E-state index is 9.84. The van der Waals surface area contributed by atoms with Crippen LogP contribution in [-0.2, 0) is 0 Å². The Morgan fingerprint density at radius 1 is 1.31 bits per heavy atom. The molecule has 6 heteroatoms. The molecule has 0 aliphatic carbocycles. The fourth-order valence-corrected chi connectivity index (χ4v) is 2.07. The summed E-state index contributed by atoms with van der Waals surface area (Å²) in [4.78, 5) is 0. The number of hydrogen-bond donors (Lipinski definition) is 2. The van der Waals surface area contributed by atoms with Crippen LogP contribution in [0.2, 0.25) is 5.02 Å². The van der Waals surface area contributed by atoms with Gasteiger partial charge in [0, 0.05) is 17.0 Å². The molecule has 0 bridgehead atoms. The highest BCUT2D eigenvalue weighted by molar-refractivity contribution is 9.09. The molecule has 1 aliphatic rings. The Labute approximate surface area is 106 Å². The van der Waals surface area contributed by atoms with E-state index in [1.807, 2.05) is 0 Å². The van der Waals surface area contributed by atoms with E-state index in [9.17, 15) is 10.2 Å². The van der Waals surface area contributed by atoms with Crippen LogP contribution in [0.25, 0.3) is 0 Å². The number of rotatable bonds is 3. The highest BCUT2D eigenvalue weighted by Gasteiger charge is 2.24. The molecule has 2 N–H and O–H groups in total. The van der Waals surface area contributed by atoms with Crippen LogP contribution in [-0.4, -0.2) is 28.4 Å². The lowest BCUT2D eigenvalue weighted by Gasteiger charge is -2.17. The van der Waals surface area contributed by atoms with Gasteiger partial charge in [0.2, 0.25) is 6.79 Å². The number of hydrogen-bond acceptors (Lipinski definition) is 4. The van der Waals surface area contributed by atoms with E-state index in [0.717, 1.165) is 0 Å². The van der Waals surface area contributed by atoms with Gasteiger partial charge < -0.3 is 19.7 Å². The van der Waals surface area contributed by atoms with Crippen LogP contribution < -0.4 is 9.47 Å². The second kappa shape index (κ2) is 4.79. The van der Waals surface area contributed by atoms with Crippen molar-refractivity contribution in [3.8, 4) is 11.5 Å². The summed E-state index contributed by atoms with van der Waals surface area (Å²) in [6.07, 6.45) is -1.97. The van der Waals surface area contributed by atoms with Gasteiger partial charge >= 0.3 is 0 Å². The molecule has 0 fully saturated rings. The average Bonchev–Trinajstić information content (AvgIpc) is 2.72. The fourth-order valence-electron chi connectivity index (χ4n) is 1.45. The Kier molecular flexibility index (Phi) is 3.59. The predicted molar refractivity (Wildman–Crippen MR) is 62.3 cm³/mol. The molecule has 88 valence electrons. The van der Waals surface area contributed by atoms with Gasteiger partial charge in [-0.1, -0.05) is 27.5 Å². The van der Waals surface area contributed by atoms with E-state index in [2.05, 4.69) is 15.9 Å². The quantitative estimate of drug-likeness (QED) is 0.837. The molecule has 0 amide bonds. The first-order chi connectivity index (χ1) is 7.63. The van der Waals surface area contributed by atoms with Crippen molar-refractivity contribution in [1.29, 1.82) is 0 Å². The van der Waals surface area contributed by atoms with Crippen molar-refractivity contribution in [3.05, 3.63) is 22.7 Å². The molecule has 1 aromatic rings. The van der Waals surface area contributed by atoms with Crippen LogP contribution in [0, 0.1) is 0 Å². The number of ether oxygens (including phenoxy) is 2. The predicted octanol–water partition coefficient (Wildman–Crippen LogP) is 1.86. The molecule has 2 unspecified atom stereocenters. The van der Waals surface area contributed by atoms with Crippen molar-refractivity contribution in [1.82, 2.24) is 0 Å². The maximum Gasteiger partial charge on any atom is 0.231 e. The summed E-state index contributed by atoms with van der Waals surface area (Å²) in [5.74, 6) is 1.08. The van der Waals surface area contributed by atoms with Gasteiger partial charge in [0.1, 0.15) is 6.10 Å². The van der Waals surface area contributed by atoms with Crippen molar-refractivity contribution in [2.45, 2.75) is 12.2 Å². The molecule has 16 heavy (non-hydrogen) atoms. The summed E-state index contributed by atoms with van der Waals surface area (Å²) in [5, 5.41) is 20.0. The van der Waals surface area contributed by atoms with Gasteiger partial charge in [0.05, 0.1) is 11.1 Å². The van der Waals surface area contributed by atoms with Gasteiger partial charge in [-0.2, -0.15) is 0 Å². The van der Waals surface area contributed by atoms with Crippen molar-refractivity contribution in [2.75, 3.05) is 12.1 Å².